The quantitative estimate of drug-likeness (QED) is 0.626. The van der Waals surface area contributed by atoms with Crippen LogP contribution < -0.4 is 0 Å². The van der Waals surface area contributed by atoms with Crippen LogP contribution in [0, 0.1) is 0 Å². The summed E-state index contributed by atoms with van der Waals surface area (Å²) in [5.41, 5.74) is 4.45. The van der Waals surface area contributed by atoms with Crippen molar-refractivity contribution < 1.29 is 0 Å². The van der Waals surface area contributed by atoms with Gasteiger partial charge in [-0.1, -0.05) is 55.4 Å². The summed E-state index contributed by atoms with van der Waals surface area (Å²) in [5.74, 6) is 0. The summed E-state index contributed by atoms with van der Waals surface area (Å²) in [6.45, 7) is 2.24. The molecule has 0 amide bonds. The molecule has 2 aromatic carbocycles. The van der Waals surface area contributed by atoms with Gasteiger partial charge < -0.3 is 0 Å². The van der Waals surface area contributed by atoms with E-state index < -0.39 is 0 Å². The van der Waals surface area contributed by atoms with Gasteiger partial charge in [0.05, 0.1) is 0 Å². The van der Waals surface area contributed by atoms with Crippen LogP contribution in [0.1, 0.15) is 30.0 Å². The third kappa shape index (κ3) is 2.12. The minimum absolute atomic E-state index is 1.09. The van der Waals surface area contributed by atoms with Crippen LogP contribution in [0.2, 0.25) is 0 Å². The van der Waals surface area contributed by atoms with E-state index in [0.29, 0.717) is 0 Å². The third-order valence-corrected chi connectivity index (χ3v) is 4.47. The zero-order valence-electron chi connectivity index (χ0n) is 10.1. The number of hydrogen-bond acceptors (Lipinski definition) is 1. The molecule has 17 heavy (non-hydrogen) atoms. The van der Waals surface area contributed by atoms with E-state index in [2.05, 4.69) is 49.4 Å². The van der Waals surface area contributed by atoms with Crippen molar-refractivity contribution in [2.75, 3.05) is 0 Å². The Morgan fingerprint density at radius 1 is 1.00 bits per heavy atom. The van der Waals surface area contributed by atoms with Gasteiger partial charge >= 0.3 is 0 Å². The van der Waals surface area contributed by atoms with Gasteiger partial charge in [0.2, 0.25) is 0 Å². The van der Waals surface area contributed by atoms with Crippen LogP contribution in [0.4, 0.5) is 0 Å². The number of hydrogen-bond donors (Lipinski definition) is 0. The summed E-state index contributed by atoms with van der Waals surface area (Å²) < 4.78 is 0. The minimum Gasteiger partial charge on any atom is -0.0895 e. The van der Waals surface area contributed by atoms with Crippen molar-refractivity contribution in [3.05, 3.63) is 59.2 Å². The number of benzene rings is 2. The standard InChI is InChI=1S/C16H16S/c1-2-5-12-8-9-16-14(10-12)11-13-6-3-4-7-15(13)17-16/h3-4,6-10H,2,5,11H2,1H3. The molecule has 0 atom stereocenters. The molecular weight excluding hydrogens is 224 g/mol. The summed E-state index contributed by atoms with van der Waals surface area (Å²) >= 11 is 1.91. The smallest absolute Gasteiger partial charge is 0.0158 e. The highest BCUT2D eigenvalue weighted by atomic mass is 32.2. The maximum Gasteiger partial charge on any atom is 0.0158 e. The van der Waals surface area contributed by atoms with Crippen molar-refractivity contribution in [1.29, 1.82) is 0 Å². The Balaban J connectivity index is 1.97. The van der Waals surface area contributed by atoms with Gasteiger partial charge in [-0.2, -0.15) is 0 Å². The van der Waals surface area contributed by atoms with Crippen LogP contribution in [-0.2, 0) is 12.8 Å². The minimum atomic E-state index is 1.09. The van der Waals surface area contributed by atoms with E-state index in [-0.39, 0.29) is 0 Å². The highest BCUT2D eigenvalue weighted by Crippen LogP contribution is 2.39. The van der Waals surface area contributed by atoms with Gasteiger partial charge in [0.15, 0.2) is 0 Å². The Morgan fingerprint density at radius 3 is 2.71 bits per heavy atom. The Hall–Kier alpha value is -1.21. The summed E-state index contributed by atoms with van der Waals surface area (Å²) in [5, 5.41) is 0. The molecule has 0 saturated heterocycles. The SMILES string of the molecule is CCCc1ccc2c(c1)Cc1ccccc1S2. The van der Waals surface area contributed by atoms with Gasteiger partial charge in [0, 0.05) is 9.79 Å². The molecule has 0 spiro atoms. The van der Waals surface area contributed by atoms with E-state index in [1.807, 2.05) is 11.8 Å². The molecule has 0 bridgehead atoms. The second kappa shape index (κ2) is 4.58. The number of aryl methyl sites for hydroxylation is 1. The van der Waals surface area contributed by atoms with Gasteiger partial charge in [0.25, 0.3) is 0 Å². The van der Waals surface area contributed by atoms with Gasteiger partial charge in [-0.15, -0.1) is 0 Å². The highest BCUT2D eigenvalue weighted by Gasteiger charge is 2.15. The van der Waals surface area contributed by atoms with Gasteiger partial charge in [-0.05, 0) is 41.7 Å². The van der Waals surface area contributed by atoms with Crippen LogP contribution >= 0.6 is 11.8 Å². The molecule has 0 aliphatic carbocycles. The van der Waals surface area contributed by atoms with Crippen LogP contribution in [0.15, 0.2) is 52.3 Å². The second-order valence-corrected chi connectivity index (χ2v) is 5.66. The molecule has 1 aliphatic heterocycles. The lowest BCUT2D eigenvalue weighted by Gasteiger charge is -2.19. The molecule has 86 valence electrons. The fourth-order valence-corrected chi connectivity index (χ4v) is 3.44. The maximum atomic E-state index is 2.39. The first-order valence-electron chi connectivity index (χ1n) is 6.24. The molecular formula is C16H16S. The van der Waals surface area contributed by atoms with Crippen LogP contribution in [0.5, 0.6) is 0 Å². The van der Waals surface area contributed by atoms with Crippen LogP contribution in [-0.4, -0.2) is 0 Å². The van der Waals surface area contributed by atoms with Gasteiger partial charge in [-0.3, -0.25) is 0 Å². The van der Waals surface area contributed by atoms with Crippen LogP contribution in [0.3, 0.4) is 0 Å². The molecule has 0 unspecified atom stereocenters. The summed E-state index contributed by atoms with van der Waals surface area (Å²) in [6, 6.07) is 15.7. The molecule has 3 rings (SSSR count). The van der Waals surface area contributed by atoms with E-state index >= 15 is 0 Å². The molecule has 1 heteroatoms. The van der Waals surface area contributed by atoms with E-state index in [9.17, 15) is 0 Å². The molecule has 1 aliphatic rings. The summed E-state index contributed by atoms with van der Waals surface area (Å²) in [7, 11) is 0. The second-order valence-electron chi connectivity index (χ2n) is 4.58. The first kappa shape index (κ1) is 10.9. The van der Waals surface area contributed by atoms with Crippen LogP contribution in [0.25, 0.3) is 0 Å². The topological polar surface area (TPSA) is 0 Å². The first-order chi connectivity index (χ1) is 8.36. The lowest BCUT2D eigenvalue weighted by Crippen LogP contribution is -2.00. The van der Waals surface area contributed by atoms with Crippen molar-refractivity contribution in [2.45, 2.75) is 36.0 Å². The van der Waals surface area contributed by atoms with Crippen molar-refractivity contribution in [2.24, 2.45) is 0 Å². The molecule has 0 N–H and O–H groups in total. The first-order valence-corrected chi connectivity index (χ1v) is 7.06. The highest BCUT2D eigenvalue weighted by molar-refractivity contribution is 7.99. The number of rotatable bonds is 2. The summed E-state index contributed by atoms with van der Waals surface area (Å²) in [4.78, 5) is 2.85. The molecule has 0 fully saturated rings. The van der Waals surface area contributed by atoms with E-state index in [1.54, 1.807) is 0 Å². The van der Waals surface area contributed by atoms with Gasteiger partial charge in [-0.25, -0.2) is 0 Å². The molecule has 1 heterocycles. The molecule has 0 aromatic heterocycles. The fourth-order valence-electron chi connectivity index (χ4n) is 2.39. The van der Waals surface area contributed by atoms with Gasteiger partial charge in [0.1, 0.15) is 0 Å². The zero-order valence-corrected chi connectivity index (χ0v) is 10.9. The fraction of sp³-hybridized carbons (Fsp3) is 0.250. The molecule has 0 saturated carbocycles. The molecule has 2 aromatic rings. The van der Waals surface area contributed by atoms with Crippen molar-refractivity contribution in [3.63, 3.8) is 0 Å². The maximum absolute atomic E-state index is 2.39. The van der Waals surface area contributed by atoms with E-state index in [4.69, 9.17) is 0 Å². The number of fused-ring (bicyclic) bond motifs is 2. The average Bonchev–Trinajstić information content (AvgIpc) is 2.36. The average molecular weight is 240 g/mol. The largest absolute Gasteiger partial charge is 0.0895 e. The predicted octanol–water partition coefficient (Wildman–Crippen LogP) is 4.69. The van der Waals surface area contributed by atoms with E-state index in [1.165, 1.54) is 39.3 Å². The Morgan fingerprint density at radius 2 is 1.82 bits per heavy atom. The monoisotopic (exact) mass is 240 g/mol. The Labute approximate surface area is 107 Å². The lowest BCUT2D eigenvalue weighted by atomic mass is 10.0. The Bertz CT molecular complexity index is 543. The normalized spacial score (nSPS) is 13.0. The van der Waals surface area contributed by atoms with E-state index in [0.717, 1.165) is 6.42 Å². The van der Waals surface area contributed by atoms with Crippen molar-refractivity contribution >= 4 is 11.8 Å². The molecule has 0 nitrogen and oxygen atoms in total. The predicted molar refractivity (Wildman–Crippen MR) is 73.8 cm³/mol. The zero-order chi connectivity index (χ0) is 11.7. The Kier molecular flexibility index (Phi) is 2.94. The van der Waals surface area contributed by atoms with Crippen molar-refractivity contribution in [3.8, 4) is 0 Å². The lowest BCUT2D eigenvalue weighted by molar-refractivity contribution is 0.911. The summed E-state index contributed by atoms with van der Waals surface area (Å²) in [6.07, 6.45) is 3.51. The molecule has 0 radical (unpaired) electrons. The van der Waals surface area contributed by atoms with Crippen molar-refractivity contribution in [1.82, 2.24) is 0 Å². The third-order valence-electron chi connectivity index (χ3n) is 3.24.